The Hall–Kier alpha value is -0.0400. The molecule has 3 rings (SSSR count). The molecule has 0 aromatic carbocycles. The summed E-state index contributed by atoms with van der Waals surface area (Å²) in [5, 5.41) is 0. The summed E-state index contributed by atoms with van der Waals surface area (Å²) in [4.78, 5) is 2.91. The molecule has 3 aliphatic rings. The van der Waals surface area contributed by atoms with Crippen LogP contribution in [0.15, 0.2) is 0 Å². The minimum absolute atomic E-state index is 0.911. The molecule has 0 aromatic rings. The van der Waals surface area contributed by atoms with Crippen LogP contribution in [0.3, 0.4) is 0 Å². The SMILES string of the molecule is CN1C2CCCCCCCC2CCCC2CCCCCC21. The summed E-state index contributed by atoms with van der Waals surface area (Å²) in [6.07, 6.45) is 22.6. The molecule has 0 aromatic heterocycles. The Labute approximate surface area is 132 Å². The van der Waals surface area contributed by atoms with Gasteiger partial charge in [0.15, 0.2) is 0 Å². The van der Waals surface area contributed by atoms with Gasteiger partial charge in [-0.05, 0) is 57.4 Å². The van der Waals surface area contributed by atoms with Crippen LogP contribution in [0.2, 0.25) is 0 Å². The van der Waals surface area contributed by atoms with Crippen molar-refractivity contribution in [3.8, 4) is 0 Å². The minimum atomic E-state index is 0.911. The molecule has 1 saturated heterocycles. The fourth-order valence-corrected chi connectivity index (χ4v) is 5.72. The molecule has 3 fully saturated rings. The largest absolute Gasteiger partial charge is 0.300 e. The summed E-state index contributed by atoms with van der Waals surface area (Å²) in [6.45, 7) is 0. The Balaban J connectivity index is 1.75. The molecule has 1 heteroatoms. The molecular formula is C20H37N. The topological polar surface area (TPSA) is 3.24 Å². The van der Waals surface area contributed by atoms with Crippen molar-refractivity contribution in [1.29, 1.82) is 0 Å². The van der Waals surface area contributed by atoms with E-state index in [4.69, 9.17) is 0 Å². The second-order valence-corrected chi connectivity index (χ2v) is 8.23. The van der Waals surface area contributed by atoms with Crippen LogP contribution in [0.4, 0.5) is 0 Å². The number of fused-ring (bicyclic) bond motifs is 2. The van der Waals surface area contributed by atoms with Gasteiger partial charge in [-0.2, -0.15) is 0 Å². The molecule has 0 N–H and O–H groups in total. The van der Waals surface area contributed by atoms with E-state index in [1.165, 1.54) is 96.3 Å². The van der Waals surface area contributed by atoms with Crippen LogP contribution >= 0.6 is 0 Å². The summed E-state index contributed by atoms with van der Waals surface area (Å²) in [7, 11) is 2.50. The van der Waals surface area contributed by atoms with Crippen molar-refractivity contribution in [3.63, 3.8) is 0 Å². The summed E-state index contributed by atoms with van der Waals surface area (Å²) in [5.41, 5.74) is 0. The van der Waals surface area contributed by atoms with Crippen LogP contribution in [-0.4, -0.2) is 24.0 Å². The van der Waals surface area contributed by atoms with Gasteiger partial charge in [0.05, 0.1) is 0 Å². The summed E-state index contributed by atoms with van der Waals surface area (Å²) in [5.74, 6) is 2.03. The van der Waals surface area contributed by atoms with E-state index < -0.39 is 0 Å². The molecule has 4 atom stereocenters. The van der Waals surface area contributed by atoms with E-state index in [2.05, 4.69) is 11.9 Å². The molecule has 1 aliphatic heterocycles. The van der Waals surface area contributed by atoms with E-state index in [1.54, 1.807) is 0 Å². The molecular weight excluding hydrogens is 254 g/mol. The maximum Gasteiger partial charge on any atom is 0.0123 e. The second-order valence-electron chi connectivity index (χ2n) is 8.23. The van der Waals surface area contributed by atoms with Crippen LogP contribution in [0, 0.1) is 11.8 Å². The third-order valence-electron chi connectivity index (χ3n) is 6.93. The lowest BCUT2D eigenvalue weighted by Gasteiger charge is -2.45. The zero-order valence-electron chi connectivity index (χ0n) is 14.4. The Morgan fingerprint density at radius 2 is 0.857 bits per heavy atom. The molecule has 122 valence electrons. The molecule has 21 heavy (non-hydrogen) atoms. The van der Waals surface area contributed by atoms with Crippen LogP contribution in [-0.2, 0) is 0 Å². The predicted molar refractivity (Wildman–Crippen MR) is 91.6 cm³/mol. The number of hydrogen-bond donors (Lipinski definition) is 0. The van der Waals surface area contributed by atoms with Gasteiger partial charge in [0, 0.05) is 12.1 Å². The first-order valence-corrected chi connectivity index (χ1v) is 10.1. The normalized spacial score (nSPS) is 40.4. The van der Waals surface area contributed by atoms with Gasteiger partial charge in [0.1, 0.15) is 0 Å². The maximum atomic E-state index is 2.91. The highest BCUT2D eigenvalue weighted by molar-refractivity contribution is 4.90. The Bertz CT molecular complexity index is 300. The highest BCUT2D eigenvalue weighted by atomic mass is 15.2. The predicted octanol–water partition coefficient (Wildman–Crippen LogP) is 5.78. The minimum Gasteiger partial charge on any atom is -0.300 e. The van der Waals surface area contributed by atoms with Crippen LogP contribution in [0.5, 0.6) is 0 Å². The number of rotatable bonds is 0. The smallest absolute Gasteiger partial charge is 0.0123 e. The van der Waals surface area contributed by atoms with Gasteiger partial charge in [-0.15, -0.1) is 0 Å². The number of nitrogens with zero attached hydrogens (tertiary/aromatic N) is 1. The van der Waals surface area contributed by atoms with Crippen molar-refractivity contribution in [1.82, 2.24) is 4.90 Å². The molecule has 0 amide bonds. The standard InChI is InChI=1S/C20H37N/c1-21-19-15-8-4-2-3-6-11-17(19)13-10-14-18-12-7-5-9-16-20(18)21/h17-20H,2-16H2,1H3. The molecule has 0 bridgehead atoms. The Kier molecular flexibility index (Phi) is 6.03. The highest BCUT2D eigenvalue weighted by Crippen LogP contribution is 2.39. The maximum absolute atomic E-state index is 2.91. The van der Waals surface area contributed by atoms with Gasteiger partial charge >= 0.3 is 0 Å². The van der Waals surface area contributed by atoms with Gasteiger partial charge in [-0.1, -0.05) is 57.8 Å². The Morgan fingerprint density at radius 1 is 0.476 bits per heavy atom. The average molecular weight is 292 g/mol. The molecule has 1 nitrogen and oxygen atoms in total. The lowest BCUT2D eigenvalue weighted by atomic mass is 9.78. The van der Waals surface area contributed by atoms with Crippen molar-refractivity contribution < 1.29 is 0 Å². The number of hydrogen-bond acceptors (Lipinski definition) is 1. The first kappa shape index (κ1) is 15.8. The quantitative estimate of drug-likeness (QED) is 0.547. The van der Waals surface area contributed by atoms with Gasteiger partial charge in [0.25, 0.3) is 0 Å². The van der Waals surface area contributed by atoms with Gasteiger partial charge in [0.2, 0.25) is 0 Å². The van der Waals surface area contributed by atoms with Gasteiger partial charge in [-0.25, -0.2) is 0 Å². The van der Waals surface area contributed by atoms with Crippen LogP contribution < -0.4 is 0 Å². The molecule has 4 unspecified atom stereocenters. The third kappa shape index (κ3) is 4.03. The fraction of sp³-hybridized carbons (Fsp3) is 1.00. The molecule has 2 saturated carbocycles. The monoisotopic (exact) mass is 291 g/mol. The summed E-state index contributed by atoms with van der Waals surface area (Å²) in [6, 6.07) is 1.83. The third-order valence-corrected chi connectivity index (χ3v) is 6.93. The average Bonchev–Trinajstić information content (AvgIpc) is 2.64. The van der Waals surface area contributed by atoms with E-state index in [0.29, 0.717) is 0 Å². The van der Waals surface area contributed by atoms with Crippen LogP contribution in [0.25, 0.3) is 0 Å². The first-order valence-electron chi connectivity index (χ1n) is 10.1. The van der Waals surface area contributed by atoms with Crippen molar-refractivity contribution in [2.45, 2.75) is 108 Å². The van der Waals surface area contributed by atoms with Gasteiger partial charge < -0.3 is 0 Å². The van der Waals surface area contributed by atoms with Crippen molar-refractivity contribution >= 4 is 0 Å². The highest BCUT2D eigenvalue weighted by Gasteiger charge is 2.35. The molecule has 0 spiro atoms. The lowest BCUT2D eigenvalue weighted by molar-refractivity contribution is 0.0474. The fourth-order valence-electron chi connectivity index (χ4n) is 5.72. The van der Waals surface area contributed by atoms with Crippen molar-refractivity contribution in [3.05, 3.63) is 0 Å². The lowest BCUT2D eigenvalue weighted by Crippen LogP contribution is -2.48. The van der Waals surface area contributed by atoms with Gasteiger partial charge in [-0.3, -0.25) is 4.90 Å². The van der Waals surface area contributed by atoms with E-state index in [9.17, 15) is 0 Å². The zero-order valence-corrected chi connectivity index (χ0v) is 14.4. The van der Waals surface area contributed by atoms with E-state index in [0.717, 1.165) is 23.9 Å². The molecule has 1 heterocycles. The Morgan fingerprint density at radius 3 is 1.43 bits per heavy atom. The first-order chi connectivity index (χ1) is 10.4. The van der Waals surface area contributed by atoms with Crippen molar-refractivity contribution in [2.75, 3.05) is 7.05 Å². The van der Waals surface area contributed by atoms with E-state index >= 15 is 0 Å². The zero-order chi connectivity index (χ0) is 14.5. The summed E-state index contributed by atoms with van der Waals surface area (Å²) < 4.78 is 0. The van der Waals surface area contributed by atoms with E-state index in [-0.39, 0.29) is 0 Å². The van der Waals surface area contributed by atoms with Crippen LogP contribution in [0.1, 0.15) is 96.3 Å². The molecule has 2 aliphatic carbocycles. The molecule has 0 radical (unpaired) electrons. The second kappa shape index (κ2) is 7.99. The van der Waals surface area contributed by atoms with Crippen molar-refractivity contribution in [2.24, 2.45) is 11.8 Å². The summed E-state index contributed by atoms with van der Waals surface area (Å²) >= 11 is 0. The number of likely N-dealkylation sites (tertiary alicyclic amines) is 1. The van der Waals surface area contributed by atoms with E-state index in [1.807, 2.05) is 0 Å².